The molecule has 0 fully saturated rings. The van der Waals surface area contributed by atoms with Crippen LogP contribution in [0, 0.1) is 0 Å². The lowest BCUT2D eigenvalue weighted by molar-refractivity contribution is -0.159. The van der Waals surface area contributed by atoms with Crippen LogP contribution in [0.2, 0.25) is 0 Å². The minimum absolute atomic E-state index is 0.0205. The molecule has 32 heavy (non-hydrogen) atoms. The van der Waals surface area contributed by atoms with Gasteiger partial charge in [-0.2, -0.15) is 18.2 Å². The van der Waals surface area contributed by atoms with E-state index in [4.69, 9.17) is 4.74 Å². The topological polar surface area (TPSA) is 116 Å². The molecule has 4 aromatic rings. The molecule has 0 bridgehead atoms. The molecule has 1 amide bonds. The second-order valence-corrected chi connectivity index (χ2v) is 6.35. The maximum absolute atomic E-state index is 12.5. The van der Waals surface area contributed by atoms with Crippen molar-refractivity contribution in [3.63, 3.8) is 0 Å². The van der Waals surface area contributed by atoms with E-state index in [1.165, 1.54) is 18.3 Å². The zero-order valence-electron chi connectivity index (χ0n) is 16.1. The summed E-state index contributed by atoms with van der Waals surface area (Å²) in [6, 6.07) is 10.00. The van der Waals surface area contributed by atoms with E-state index in [1.807, 2.05) is 6.07 Å². The smallest absolute Gasteiger partial charge is 0.444 e. The van der Waals surface area contributed by atoms with Crippen LogP contribution in [0.3, 0.4) is 0 Å². The van der Waals surface area contributed by atoms with E-state index in [1.54, 1.807) is 36.8 Å². The highest BCUT2D eigenvalue weighted by Gasteiger charge is 2.38. The van der Waals surface area contributed by atoms with E-state index >= 15 is 0 Å². The van der Waals surface area contributed by atoms with Crippen LogP contribution in [0.1, 0.15) is 11.5 Å². The average Bonchev–Trinajstić information content (AvgIpc) is 3.30. The molecule has 0 aliphatic rings. The lowest BCUT2D eigenvalue weighted by Gasteiger charge is -2.07. The lowest BCUT2D eigenvalue weighted by Crippen LogP contribution is -2.14. The van der Waals surface area contributed by atoms with Gasteiger partial charge in [0.1, 0.15) is 12.4 Å². The first-order valence-electron chi connectivity index (χ1n) is 9.05. The van der Waals surface area contributed by atoms with Crippen molar-refractivity contribution in [1.82, 2.24) is 25.1 Å². The van der Waals surface area contributed by atoms with Crippen LogP contribution in [0.25, 0.3) is 22.6 Å². The van der Waals surface area contributed by atoms with Crippen molar-refractivity contribution in [2.45, 2.75) is 12.8 Å². The number of anilines is 1. The summed E-state index contributed by atoms with van der Waals surface area (Å²) >= 11 is 0. The predicted molar refractivity (Wildman–Crippen MR) is 104 cm³/mol. The van der Waals surface area contributed by atoms with Gasteiger partial charge < -0.3 is 9.26 Å². The third-order valence-electron chi connectivity index (χ3n) is 4.07. The monoisotopic (exact) mass is 442 g/mol. The van der Waals surface area contributed by atoms with E-state index in [-0.39, 0.29) is 23.8 Å². The molecule has 4 aromatic heterocycles. The number of ether oxygens (including phenoxy) is 1. The fourth-order valence-corrected chi connectivity index (χ4v) is 2.54. The van der Waals surface area contributed by atoms with Gasteiger partial charge in [-0.1, -0.05) is 11.2 Å². The van der Waals surface area contributed by atoms with E-state index < -0.39 is 18.2 Å². The first-order chi connectivity index (χ1) is 15.4. The third kappa shape index (κ3) is 5.03. The highest BCUT2D eigenvalue weighted by atomic mass is 19.4. The van der Waals surface area contributed by atoms with Gasteiger partial charge >= 0.3 is 18.2 Å². The van der Waals surface area contributed by atoms with Gasteiger partial charge in [-0.25, -0.2) is 9.78 Å². The van der Waals surface area contributed by atoms with E-state index in [2.05, 4.69) is 34.9 Å². The average molecular weight is 442 g/mol. The van der Waals surface area contributed by atoms with Gasteiger partial charge in [-0.15, -0.1) is 0 Å². The summed E-state index contributed by atoms with van der Waals surface area (Å²) in [7, 11) is 0. The van der Waals surface area contributed by atoms with Gasteiger partial charge in [-0.05, 0) is 30.3 Å². The Morgan fingerprint density at radius 1 is 1.03 bits per heavy atom. The number of carbonyl (C=O) groups is 1. The number of rotatable bonds is 5. The molecule has 9 nitrogen and oxygen atoms in total. The lowest BCUT2D eigenvalue weighted by atomic mass is 10.2. The molecule has 0 saturated carbocycles. The van der Waals surface area contributed by atoms with Crippen molar-refractivity contribution in [3.05, 3.63) is 72.6 Å². The Kier molecular flexibility index (Phi) is 5.75. The van der Waals surface area contributed by atoms with Crippen molar-refractivity contribution in [2.75, 3.05) is 5.32 Å². The molecule has 4 heterocycles. The molecule has 162 valence electrons. The molecule has 0 spiro atoms. The van der Waals surface area contributed by atoms with Gasteiger partial charge in [0.2, 0.25) is 5.82 Å². The van der Waals surface area contributed by atoms with Crippen LogP contribution in [-0.4, -0.2) is 31.2 Å². The number of halogens is 3. The highest BCUT2D eigenvalue weighted by Crippen LogP contribution is 2.29. The van der Waals surface area contributed by atoms with Crippen LogP contribution in [0.5, 0.6) is 0 Å². The van der Waals surface area contributed by atoms with Crippen molar-refractivity contribution < 1.29 is 27.2 Å². The molecule has 0 unspecified atom stereocenters. The fraction of sp³-hybridized carbons (Fsp3) is 0.100. The van der Waals surface area contributed by atoms with Crippen LogP contribution in [0.15, 0.2) is 65.7 Å². The first kappa shape index (κ1) is 20.9. The van der Waals surface area contributed by atoms with Crippen LogP contribution in [0.4, 0.5) is 23.8 Å². The summed E-state index contributed by atoms with van der Waals surface area (Å²) in [6.07, 6.45) is 0.642. The maximum atomic E-state index is 12.5. The molecule has 4 rings (SSSR count). The van der Waals surface area contributed by atoms with Crippen LogP contribution < -0.4 is 5.32 Å². The minimum Gasteiger partial charge on any atom is -0.444 e. The first-order valence-corrected chi connectivity index (χ1v) is 9.05. The van der Waals surface area contributed by atoms with E-state index in [0.717, 1.165) is 11.3 Å². The Balaban J connectivity index is 1.31. The van der Waals surface area contributed by atoms with E-state index in [0.29, 0.717) is 5.56 Å². The number of carbonyl (C=O) groups excluding carboxylic acids is 1. The number of nitrogens with zero attached hydrogens (tertiary/aromatic N) is 5. The van der Waals surface area contributed by atoms with Gasteiger partial charge in [-0.3, -0.25) is 15.3 Å². The number of amides is 1. The molecule has 0 aliphatic heterocycles. The standard InChI is InChI=1S/C20H13F3N6O3/c21-20(22,23)18-28-17(29-32-18)14-4-6-16(26-10-14)27-19(30)31-11-12-3-5-15(25-8-12)13-2-1-7-24-9-13/h1-10H,11H2,(H,26,27,30). The quantitative estimate of drug-likeness (QED) is 0.485. The van der Waals surface area contributed by atoms with Crippen LogP contribution in [-0.2, 0) is 17.5 Å². The van der Waals surface area contributed by atoms with Gasteiger partial charge in [0, 0.05) is 41.5 Å². The summed E-state index contributed by atoms with van der Waals surface area (Å²) in [4.78, 5) is 27.5. The zero-order chi connectivity index (χ0) is 22.6. The highest BCUT2D eigenvalue weighted by molar-refractivity contribution is 5.83. The second-order valence-electron chi connectivity index (χ2n) is 6.35. The molecular weight excluding hydrogens is 429 g/mol. The number of aromatic nitrogens is 5. The van der Waals surface area contributed by atoms with Gasteiger partial charge in [0.15, 0.2) is 0 Å². The number of hydrogen-bond acceptors (Lipinski definition) is 8. The Hall–Kier alpha value is -4.35. The minimum atomic E-state index is -4.74. The second kappa shape index (κ2) is 8.79. The molecule has 12 heteroatoms. The summed E-state index contributed by atoms with van der Waals surface area (Å²) in [5, 5.41) is 5.68. The Morgan fingerprint density at radius 3 is 2.53 bits per heavy atom. The molecular formula is C20H13F3N6O3. The molecule has 0 aliphatic carbocycles. The predicted octanol–water partition coefficient (Wildman–Crippen LogP) is 4.36. The number of alkyl halides is 3. The van der Waals surface area contributed by atoms with Crippen molar-refractivity contribution >= 4 is 11.9 Å². The number of hydrogen-bond donors (Lipinski definition) is 1. The number of nitrogens with one attached hydrogen (secondary N) is 1. The van der Waals surface area contributed by atoms with Gasteiger partial charge in [0.05, 0.1) is 5.69 Å². The fourth-order valence-electron chi connectivity index (χ4n) is 2.54. The van der Waals surface area contributed by atoms with Crippen molar-refractivity contribution in [2.24, 2.45) is 0 Å². The Morgan fingerprint density at radius 2 is 1.91 bits per heavy atom. The van der Waals surface area contributed by atoms with Gasteiger partial charge in [0.25, 0.3) is 0 Å². The number of pyridine rings is 3. The SMILES string of the molecule is O=C(Nc1ccc(-c2noc(C(F)(F)F)n2)cn1)OCc1ccc(-c2cccnc2)nc1. The molecule has 0 aromatic carbocycles. The molecule has 1 N–H and O–H groups in total. The largest absolute Gasteiger partial charge is 0.471 e. The summed E-state index contributed by atoms with van der Waals surface area (Å²) in [5.74, 6) is -1.61. The van der Waals surface area contributed by atoms with Crippen molar-refractivity contribution in [3.8, 4) is 22.6 Å². The molecule has 0 saturated heterocycles. The maximum Gasteiger partial charge on any atom is 0.471 e. The van der Waals surface area contributed by atoms with Crippen LogP contribution >= 0.6 is 0 Å². The normalized spacial score (nSPS) is 11.2. The van der Waals surface area contributed by atoms with Crippen molar-refractivity contribution in [1.29, 1.82) is 0 Å². The van der Waals surface area contributed by atoms with E-state index in [9.17, 15) is 18.0 Å². The summed E-state index contributed by atoms with van der Waals surface area (Å²) in [6.45, 7) is -0.0205. The molecule has 0 radical (unpaired) electrons. The third-order valence-corrected chi connectivity index (χ3v) is 4.07. The Bertz CT molecular complexity index is 1200. The summed E-state index contributed by atoms with van der Waals surface area (Å²) < 4.78 is 46.9. The summed E-state index contributed by atoms with van der Waals surface area (Å²) in [5.41, 5.74) is 2.46. The zero-order valence-corrected chi connectivity index (χ0v) is 16.1. The Labute approximate surface area is 178 Å². The molecule has 0 atom stereocenters.